The molecule has 130 valence electrons. The van der Waals surface area contributed by atoms with Crippen LogP contribution in [0.5, 0.6) is 0 Å². The van der Waals surface area contributed by atoms with Gasteiger partial charge in [-0.2, -0.15) is 0 Å². The summed E-state index contributed by atoms with van der Waals surface area (Å²) in [6.45, 7) is 4.76. The van der Waals surface area contributed by atoms with Gasteiger partial charge in [0.2, 0.25) is 0 Å². The predicted molar refractivity (Wildman–Crippen MR) is 95.3 cm³/mol. The summed E-state index contributed by atoms with van der Waals surface area (Å²) in [5.74, 6) is -0.0178. The molecule has 3 nitrogen and oxygen atoms in total. The molecule has 0 radical (unpaired) electrons. The molecule has 0 spiro atoms. The quantitative estimate of drug-likeness (QED) is 0.858. The molecule has 1 aromatic carbocycles. The number of carboxylic acids is 1. The zero-order chi connectivity index (χ0) is 16.9. The maximum Gasteiger partial charge on any atom is 0.306 e. The highest BCUT2D eigenvalue weighted by molar-refractivity contribution is 5.70. The lowest BCUT2D eigenvalue weighted by Gasteiger charge is -2.35. The molecular formula is C21H29NO2. The van der Waals surface area contributed by atoms with Crippen LogP contribution in [0, 0.1) is 5.92 Å². The van der Waals surface area contributed by atoms with E-state index in [1.54, 1.807) is 11.1 Å². The smallest absolute Gasteiger partial charge is 0.306 e. The van der Waals surface area contributed by atoms with E-state index in [2.05, 4.69) is 37.4 Å². The molecule has 1 fully saturated rings. The van der Waals surface area contributed by atoms with Crippen LogP contribution in [0.4, 0.5) is 0 Å². The normalized spacial score (nSPS) is 33.9. The van der Waals surface area contributed by atoms with Gasteiger partial charge in [-0.1, -0.05) is 32.0 Å². The van der Waals surface area contributed by atoms with Crippen molar-refractivity contribution in [1.82, 2.24) is 5.32 Å². The maximum absolute atomic E-state index is 11.1. The first-order valence-corrected chi connectivity index (χ1v) is 9.58. The first kappa shape index (κ1) is 16.1. The Kier molecular flexibility index (Phi) is 3.95. The van der Waals surface area contributed by atoms with Crippen LogP contribution in [0.2, 0.25) is 0 Å². The zero-order valence-electron chi connectivity index (χ0n) is 14.8. The molecule has 2 unspecified atom stereocenters. The number of nitrogens with one attached hydrogen (secondary N) is 1. The lowest BCUT2D eigenvalue weighted by atomic mass is 9.69. The Morgan fingerprint density at radius 3 is 2.62 bits per heavy atom. The summed E-state index contributed by atoms with van der Waals surface area (Å²) in [4.78, 5) is 11.1. The predicted octanol–water partition coefficient (Wildman–Crippen LogP) is 4.52. The molecule has 0 bridgehead atoms. The summed E-state index contributed by atoms with van der Waals surface area (Å²) >= 11 is 0. The van der Waals surface area contributed by atoms with Gasteiger partial charge in [0, 0.05) is 12.1 Å². The van der Waals surface area contributed by atoms with Crippen molar-refractivity contribution in [2.45, 2.75) is 82.2 Å². The third kappa shape index (κ3) is 2.67. The van der Waals surface area contributed by atoms with Gasteiger partial charge in [0.1, 0.15) is 0 Å². The summed E-state index contributed by atoms with van der Waals surface area (Å²) < 4.78 is 0. The third-order valence-electron chi connectivity index (χ3n) is 6.80. The minimum Gasteiger partial charge on any atom is -0.481 e. The second-order valence-electron chi connectivity index (χ2n) is 8.77. The lowest BCUT2D eigenvalue weighted by molar-refractivity contribution is -0.142. The molecule has 0 heterocycles. The molecule has 2 atom stereocenters. The highest BCUT2D eigenvalue weighted by Gasteiger charge is 2.41. The number of carboxylic acid groups (broad SMARTS) is 1. The Morgan fingerprint density at radius 2 is 1.92 bits per heavy atom. The first-order chi connectivity index (χ1) is 11.5. The molecule has 3 aliphatic carbocycles. The van der Waals surface area contributed by atoms with Crippen molar-refractivity contribution in [3.8, 4) is 0 Å². The van der Waals surface area contributed by atoms with Crippen molar-refractivity contribution < 1.29 is 9.90 Å². The molecule has 0 amide bonds. The topological polar surface area (TPSA) is 49.3 Å². The fourth-order valence-corrected chi connectivity index (χ4v) is 5.34. The molecule has 3 aliphatic rings. The van der Waals surface area contributed by atoms with Crippen molar-refractivity contribution in [2.24, 2.45) is 5.92 Å². The summed E-state index contributed by atoms with van der Waals surface area (Å²) in [7, 11) is 0. The van der Waals surface area contributed by atoms with Crippen LogP contribution in [-0.4, -0.2) is 17.1 Å². The van der Waals surface area contributed by atoms with E-state index in [-0.39, 0.29) is 5.92 Å². The molecule has 0 saturated heterocycles. The highest BCUT2D eigenvalue weighted by atomic mass is 16.4. The Bertz CT molecular complexity index is 643. The number of aliphatic carboxylic acids is 1. The van der Waals surface area contributed by atoms with Gasteiger partial charge in [0.15, 0.2) is 0 Å². The molecule has 4 rings (SSSR count). The monoisotopic (exact) mass is 327 g/mol. The van der Waals surface area contributed by atoms with Gasteiger partial charge in [-0.3, -0.25) is 4.79 Å². The van der Waals surface area contributed by atoms with Crippen molar-refractivity contribution >= 4 is 5.97 Å². The number of hydrogen-bond donors (Lipinski definition) is 2. The van der Waals surface area contributed by atoms with E-state index in [0.29, 0.717) is 17.5 Å². The van der Waals surface area contributed by atoms with Crippen molar-refractivity contribution in [3.63, 3.8) is 0 Å². The van der Waals surface area contributed by atoms with E-state index in [1.165, 1.54) is 24.8 Å². The van der Waals surface area contributed by atoms with Gasteiger partial charge < -0.3 is 10.4 Å². The fourth-order valence-electron chi connectivity index (χ4n) is 5.34. The second kappa shape index (κ2) is 5.87. The summed E-state index contributed by atoms with van der Waals surface area (Å²) in [6.07, 6.45) is 7.45. The van der Waals surface area contributed by atoms with Crippen molar-refractivity contribution in [2.75, 3.05) is 0 Å². The van der Waals surface area contributed by atoms with Crippen LogP contribution in [-0.2, 0) is 10.2 Å². The van der Waals surface area contributed by atoms with E-state index in [0.717, 1.165) is 31.6 Å². The minimum atomic E-state index is -0.613. The van der Waals surface area contributed by atoms with E-state index in [1.807, 2.05) is 0 Å². The Balaban J connectivity index is 1.51. The number of hydrogen-bond acceptors (Lipinski definition) is 2. The minimum absolute atomic E-state index is 0.124. The van der Waals surface area contributed by atoms with Crippen LogP contribution in [0.1, 0.15) is 87.4 Å². The number of rotatable bonds is 3. The van der Waals surface area contributed by atoms with Gasteiger partial charge in [-0.25, -0.2) is 0 Å². The van der Waals surface area contributed by atoms with E-state index < -0.39 is 5.97 Å². The van der Waals surface area contributed by atoms with Crippen molar-refractivity contribution in [1.29, 1.82) is 0 Å². The molecule has 2 N–H and O–H groups in total. The Labute approximate surface area is 144 Å². The van der Waals surface area contributed by atoms with Gasteiger partial charge in [-0.15, -0.1) is 0 Å². The molecule has 3 heteroatoms. The summed E-state index contributed by atoms with van der Waals surface area (Å²) in [6, 6.07) is 7.84. The molecule has 1 aromatic rings. The van der Waals surface area contributed by atoms with Gasteiger partial charge >= 0.3 is 5.97 Å². The van der Waals surface area contributed by atoms with E-state index in [4.69, 9.17) is 0 Å². The van der Waals surface area contributed by atoms with Crippen LogP contribution < -0.4 is 5.32 Å². The number of benzene rings is 1. The fraction of sp³-hybridized carbons (Fsp3) is 0.667. The number of carbonyl (C=O) groups is 1. The SMILES string of the molecule is CC1(C)CCC2CC(NC3CCC(C(=O)O)CC3)c3cccc1c32. The van der Waals surface area contributed by atoms with Gasteiger partial charge in [-0.05, 0) is 73.0 Å². The standard InChI is InChI=1S/C21H29NO2/c1-21(2)11-10-14-12-18(16-4-3-5-17(21)19(14)16)22-15-8-6-13(7-9-15)20(23)24/h3-5,13-15,18,22H,6-12H2,1-2H3,(H,23,24). The maximum atomic E-state index is 11.1. The average molecular weight is 327 g/mol. The largest absolute Gasteiger partial charge is 0.481 e. The molecule has 24 heavy (non-hydrogen) atoms. The van der Waals surface area contributed by atoms with E-state index >= 15 is 0 Å². The first-order valence-electron chi connectivity index (χ1n) is 9.58. The molecule has 0 aromatic heterocycles. The Morgan fingerprint density at radius 1 is 1.17 bits per heavy atom. The highest BCUT2D eigenvalue weighted by Crippen LogP contribution is 2.52. The third-order valence-corrected chi connectivity index (χ3v) is 6.80. The second-order valence-corrected chi connectivity index (χ2v) is 8.77. The van der Waals surface area contributed by atoms with Crippen LogP contribution in [0.15, 0.2) is 18.2 Å². The van der Waals surface area contributed by atoms with Gasteiger partial charge in [0.25, 0.3) is 0 Å². The Hall–Kier alpha value is -1.35. The summed E-state index contributed by atoms with van der Waals surface area (Å²) in [5, 5.41) is 13.1. The summed E-state index contributed by atoms with van der Waals surface area (Å²) in [5.41, 5.74) is 5.02. The van der Waals surface area contributed by atoms with Crippen LogP contribution in [0.25, 0.3) is 0 Å². The van der Waals surface area contributed by atoms with Crippen molar-refractivity contribution in [3.05, 3.63) is 34.9 Å². The molecule has 1 saturated carbocycles. The average Bonchev–Trinajstić information content (AvgIpc) is 2.91. The molecular weight excluding hydrogens is 298 g/mol. The van der Waals surface area contributed by atoms with E-state index in [9.17, 15) is 9.90 Å². The van der Waals surface area contributed by atoms with Crippen LogP contribution in [0.3, 0.4) is 0 Å². The lowest BCUT2D eigenvalue weighted by Crippen LogP contribution is -2.36. The molecule has 0 aliphatic heterocycles. The van der Waals surface area contributed by atoms with Crippen LogP contribution >= 0.6 is 0 Å². The zero-order valence-corrected chi connectivity index (χ0v) is 14.8. The van der Waals surface area contributed by atoms with Gasteiger partial charge in [0.05, 0.1) is 5.92 Å².